The molecule has 0 saturated carbocycles. The van der Waals surface area contributed by atoms with Crippen molar-refractivity contribution in [3.8, 4) is 5.75 Å². The maximum absolute atomic E-state index is 10.2. The lowest BCUT2D eigenvalue weighted by Crippen LogP contribution is -2.05. The van der Waals surface area contributed by atoms with Crippen molar-refractivity contribution in [2.45, 2.75) is 52.4 Å². The highest BCUT2D eigenvalue weighted by Gasteiger charge is 2.15. The summed E-state index contributed by atoms with van der Waals surface area (Å²) in [6.07, 6.45) is 7.08. The summed E-state index contributed by atoms with van der Waals surface area (Å²) in [7, 11) is 0. The molecule has 2 rings (SSSR count). The lowest BCUT2D eigenvalue weighted by molar-refractivity contribution is 0.319. The normalized spacial score (nSPS) is 11.9. The average Bonchev–Trinajstić information content (AvgIpc) is 2.62. The number of oxime groups is 1. The second kappa shape index (κ2) is 10.2. The number of aromatic hydroxyl groups is 1. The predicted molar refractivity (Wildman–Crippen MR) is 109 cm³/mol. The molecule has 0 heterocycles. The molecule has 140 valence electrons. The summed E-state index contributed by atoms with van der Waals surface area (Å²) >= 11 is 6.22. The number of halogens is 1. The lowest BCUT2D eigenvalue weighted by atomic mass is 9.97. The third-order valence-electron chi connectivity index (χ3n) is 4.54. The van der Waals surface area contributed by atoms with Crippen molar-refractivity contribution in [2.75, 3.05) is 0 Å². The second-order valence-electron chi connectivity index (χ2n) is 7.13. The molecule has 0 spiro atoms. The van der Waals surface area contributed by atoms with Gasteiger partial charge in [0.2, 0.25) is 0 Å². The van der Waals surface area contributed by atoms with E-state index in [9.17, 15) is 10.3 Å². The molecule has 2 N–H and O–H groups in total. The van der Waals surface area contributed by atoms with Crippen molar-refractivity contribution in [3.05, 3.63) is 64.2 Å². The molecule has 0 saturated heterocycles. The van der Waals surface area contributed by atoms with Gasteiger partial charge in [-0.3, -0.25) is 0 Å². The Morgan fingerprint density at radius 1 is 1.00 bits per heavy atom. The van der Waals surface area contributed by atoms with Gasteiger partial charge in [-0.25, -0.2) is 0 Å². The number of unbranched alkanes of at least 4 members (excludes halogenated alkanes) is 3. The Morgan fingerprint density at radius 3 is 2.42 bits per heavy atom. The summed E-state index contributed by atoms with van der Waals surface area (Å²) < 4.78 is 0. The molecular weight excluding hydrogens is 346 g/mol. The van der Waals surface area contributed by atoms with Crippen LogP contribution >= 0.6 is 11.6 Å². The van der Waals surface area contributed by atoms with Gasteiger partial charge in [-0.15, -0.1) is 0 Å². The fourth-order valence-electron chi connectivity index (χ4n) is 3.07. The molecule has 0 aromatic heterocycles. The van der Waals surface area contributed by atoms with E-state index in [2.05, 4.69) is 19.0 Å². The van der Waals surface area contributed by atoms with E-state index in [1.165, 1.54) is 25.7 Å². The number of hydrogen-bond donors (Lipinski definition) is 2. The van der Waals surface area contributed by atoms with Gasteiger partial charge < -0.3 is 10.3 Å². The number of phenolic OH excluding ortho intramolecular Hbond substituents is 1. The van der Waals surface area contributed by atoms with Crippen molar-refractivity contribution < 1.29 is 10.3 Å². The second-order valence-corrected chi connectivity index (χ2v) is 7.53. The third-order valence-corrected chi connectivity index (χ3v) is 4.87. The molecule has 3 nitrogen and oxygen atoms in total. The van der Waals surface area contributed by atoms with Crippen molar-refractivity contribution in [1.82, 2.24) is 0 Å². The van der Waals surface area contributed by atoms with E-state index >= 15 is 0 Å². The summed E-state index contributed by atoms with van der Waals surface area (Å²) in [5.41, 5.74) is 2.50. The van der Waals surface area contributed by atoms with E-state index < -0.39 is 0 Å². The fourth-order valence-corrected chi connectivity index (χ4v) is 3.29. The summed E-state index contributed by atoms with van der Waals surface area (Å²) in [5, 5.41) is 23.6. The van der Waals surface area contributed by atoms with Crippen LogP contribution in [-0.4, -0.2) is 16.0 Å². The van der Waals surface area contributed by atoms with Crippen molar-refractivity contribution >= 4 is 17.3 Å². The molecule has 26 heavy (non-hydrogen) atoms. The molecule has 2 aromatic carbocycles. The third kappa shape index (κ3) is 5.77. The Balaban J connectivity index is 2.06. The van der Waals surface area contributed by atoms with Crippen LogP contribution < -0.4 is 0 Å². The minimum absolute atomic E-state index is 0.0819. The van der Waals surface area contributed by atoms with Crippen LogP contribution in [0.2, 0.25) is 5.02 Å². The molecule has 0 aliphatic carbocycles. The van der Waals surface area contributed by atoms with Crippen LogP contribution in [0.25, 0.3) is 0 Å². The zero-order valence-corrected chi connectivity index (χ0v) is 16.3. The first kappa shape index (κ1) is 20.3. The first-order chi connectivity index (χ1) is 12.5. The van der Waals surface area contributed by atoms with E-state index in [1.54, 1.807) is 18.2 Å². The highest BCUT2D eigenvalue weighted by atomic mass is 35.5. The SMILES string of the molecule is CC(C)CCCCCCc1ccc(O)c(C(=NO)c2ccccc2Cl)c1. The standard InChI is InChI=1S/C22H28ClNO2/c1-16(2)9-5-3-4-6-10-17-13-14-21(25)19(15-17)22(24-26)18-11-7-8-12-20(18)23/h7-8,11-16,25-26H,3-6,9-10H2,1-2H3. The summed E-state index contributed by atoms with van der Waals surface area (Å²) in [5.74, 6) is 0.856. The molecule has 0 amide bonds. The van der Waals surface area contributed by atoms with Crippen LogP contribution in [0.1, 0.15) is 62.6 Å². The smallest absolute Gasteiger partial charge is 0.125 e. The van der Waals surface area contributed by atoms with E-state index in [0.717, 1.165) is 24.3 Å². The van der Waals surface area contributed by atoms with Crippen molar-refractivity contribution in [2.24, 2.45) is 11.1 Å². The van der Waals surface area contributed by atoms with Crippen LogP contribution in [0.3, 0.4) is 0 Å². The largest absolute Gasteiger partial charge is 0.507 e. The van der Waals surface area contributed by atoms with Gasteiger partial charge in [0, 0.05) is 11.1 Å². The van der Waals surface area contributed by atoms with Gasteiger partial charge in [0.05, 0.1) is 5.02 Å². The van der Waals surface area contributed by atoms with E-state index in [-0.39, 0.29) is 11.5 Å². The van der Waals surface area contributed by atoms with Gasteiger partial charge in [-0.2, -0.15) is 0 Å². The molecule has 4 heteroatoms. The highest BCUT2D eigenvalue weighted by molar-refractivity contribution is 6.35. The summed E-state index contributed by atoms with van der Waals surface area (Å²) in [6.45, 7) is 4.52. The number of rotatable bonds is 9. The number of nitrogens with zero attached hydrogens (tertiary/aromatic N) is 1. The number of hydrogen-bond acceptors (Lipinski definition) is 3. The minimum atomic E-state index is 0.0819. The maximum Gasteiger partial charge on any atom is 0.125 e. The van der Waals surface area contributed by atoms with Gasteiger partial charge >= 0.3 is 0 Å². The molecule has 0 atom stereocenters. The summed E-state index contributed by atoms with van der Waals surface area (Å²) in [4.78, 5) is 0. The molecule has 2 aromatic rings. The maximum atomic E-state index is 10.2. The van der Waals surface area contributed by atoms with E-state index in [4.69, 9.17) is 11.6 Å². The van der Waals surface area contributed by atoms with Crippen LogP contribution in [0.15, 0.2) is 47.6 Å². The Kier molecular flexibility index (Phi) is 7.99. The molecule has 0 aliphatic heterocycles. The molecule has 0 bridgehead atoms. The highest BCUT2D eigenvalue weighted by Crippen LogP contribution is 2.27. The molecular formula is C22H28ClNO2. The zero-order valence-electron chi connectivity index (χ0n) is 15.6. The van der Waals surface area contributed by atoms with Crippen molar-refractivity contribution in [3.63, 3.8) is 0 Å². The van der Waals surface area contributed by atoms with Crippen molar-refractivity contribution in [1.29, 1.82) is 0 Å². The first-order valence-electron chi connectivity index (χ1n) is 9.32. The quantitative estimate of drug-likeness (QED) is 0.230. The number of benzene rings is 2. The molecule has 0 aliphatic rings. The van der Waals surface area contributed by atoms with Crippen LogP contribution in [-0.2, 0) is 6.42 Å². The van der Waals surface area contributed by atoms with Crippen LogP contribution in [0.4, 0.5) is 0 Å². The topological polar surface area (TPSA) is 52.8 Å². The Hall–Kier alpha value is -2.00. The first-order valence-corrected chi connectivity index (χ1v) is 9.70. The minimum Gasteiger partial charge on any atom is -0.507 e. The van der Waals surface area contributed by atoms with Crippen LogP contribution in [0.5, 0.6) is 5.75 Å². The zero-order chi connectivity index (χ0) is 18.9. The average molecular weight is 374 g/mol. The van der Waals surface area contributed by atoms with Gasteiger partial charge in [0.15, 0.2) is 0 Å². The van der Waals surface area contributed by atoms with E-state index in [0.29, 0.717) is 16.1 Å². The predicted octanol–water partition coefficient (Wildman–Crippen LogP) is 6.42. The molecule has 0 radical (unpaired) electrons. The molecule has 0 unspecified atom stereocenters. The van der Waals surface area contributed by atoms with Gasteiger partial charge in [0.1, 0.15) is 11.5 Å². The monoisotopic (exact) mass is 373 g/mol. The van der Waals surface area contributed by atoms with Crippen LogP contribution in [0, 0.1) is 5.92 Å². The lowest BCUT2D eigenvalue weighted by Gasteiger charge is -2.11. The summed E-state index contributed by atoms with van der Waals surface area (Å²) in [6, 6.07) is 12.6. The van der Waals surface area contributed by atoms with Gasteiger partial charge in [0.25, 0.3) is 0 Å². The van der Waals surface area contributed by atoms with E-state index in [1.807, 2.05) is 24.3 Å². The van der Waals surface area contributed by atoms with Gasteiger partial charge in [-0.1, -0.05) is 80.6 Å². The Bertz CT molecular complexity index is 741. The molecule has 0 fully saturated rings. The van der Waals surface area contributed by atoms with Gasteiger partial charge in [-0.05, 0) is 42.5 Å². The Morgan fingerprint density at radius 2 is 1.73 bits per heavy atom. The number of aryl methyl sites for hydroxylation is 1. The fraction of sp³-hybridized carbons (Fsp3) is 0.409. The number of phenols is 1. The Labute approximate surface area is 161 Å².